The summed E-state index contributed by atoms with van der Waals surface area (Å²) in [6.07, 6.45) is 1.03. The fourth-order valence-corrected chi connectivity index (χ4v) is 1.42. The quantitative estimate of drug-likeness (QED) is 0.645. The van der Waals surface area contributed by atoms with E-state index >= 15 is 0 Å². The van der Waals surface area contributed by atoms with Crippen molar-refractivity contribution in [2.75, 3.05) is 13.2 Å². The van der Waals surface area contributed by atoms with Gasteiger partial charge in [-0.05, 0) is 20.3 Å². The standard InChI is InChI=1S/C9H18N2O2/c1-6(10)9(12)11-7(2)8-3-4-13-5-8/h6-8H,3-5,10H2,1-2H3,(H,11,12). The van der Waals surface area contributed by atoms with E-state index in [-0.39, 0.29) is 11.9 Å². The van der Waals surface area contributed by atoms with Crippen LogP contribution in [0.5, 0.6) is 0 Å². The number of nitrogens with one attached hydrogen (secondary N) is 1. The Labute approximate surface area is 78.8 Å². The van der Waals surface area contributed by atoms with Crippen LogP contribution < -0.4 is 11.1 Å². The molecule has 1 saturated heterocycles. The van der Waals surface area contributed by atoms with E-state index < -0.39 is 6.04 Å². The molecule has 3 atom stereocenters. The average molecular weight is 186 g/mol. The monoisotopic (exact) mass is 186 g/mol. The number of amides is 1. The minimum atomic E-state index is -0.426. The van der Waals surface area contributed by atoms with Gasteiger partial charge in [0.2, 0.25) is 5.91 Å². The summed E-state index contributed by atoms with van der Waals surface area (Å²) in [6.45, 7) is 5.25. The van der Waals surface area contributed by atoms with Crippen molar-refractivity contribution in [3.05, 3.63) is 0 Å². The number of carbonyl (C=O) groups is 1. The summed E-state index contributed by atoms with van der Waals surface area (Å²) in [5.41, 5.74) is 5.44. The van der Waals surface area contributed by atoms with E-state index in [0.29, 0.717) is 5.92 Å². The Hall–Kier alpha value is -0.610. The van der Waals surface area contributed by atoms with E-state index in [2.05, 4.69) is 5.32 Å². The van der Waals surface area contributed by atoms with Crippen molar-refractivity contribution in [1.29, 1.82) is 0 Å². The van der Waals surface area contributed by atoms with E-state index in [1.807, 2.05) is 6.92 Å². The molecule has 0 saturated carbocycles. The van der Waals surface area contributed by atoms with Crippen LogP contribution in [-0.2, 0) is 9.53 Å². The third kappa shape index (κ3) is 2.97. The zero-order valence-electron chi connectivity index (χ0n) is 8.25. The molecule has 0 aromatic rings. The van der Waals surface area contributed by atoms with Gasteiger partial charge in [-0.3, -0.25) is 4.79 Å². The minimum absolute atomic E-state index is 0.0839. The maximum atomic E-state index is 11.2. The number of carbonyl (C=O) groups excluding carboxylic acids is 1. The van der Waals surface area contributed by atoms with Gasteiger partial charge in [0.25, 0.3) is 0 Å². The van der Waals surface area contributed by atoms with Crippen LogP contribution in [0, 0.1) is 5.92 Å². The lowest BCUT2D eigenvalue weighted by Gasteiger charge is -2.20. The van der Waals surface area contributed by atoms with Crippen molar-refractivity contribution >= 4 is 5.91 Å². The van der Waals surface area contributed by atoms with Gasteiger partial charge in [0.1, 0.15) is 0 Å². The highest BCUT2D eigenvalue weighted by Crippen LogP contribution is 2.16. The number of hydrogen-bond acceptors (Lipinski definition) is 3. The molecule has 1 rings (SSSR count). The fourth-order valence-electron chi connectivity index (χ4n) is 1.42. The Balaban J connectivity index is 2.31. The molecular formula is C9H18N2O2. The first-order valence-electron chi connectivity index (χ1n) is 4.75. The Bertz CT molecular complexity index is 176. The van der Waals surface area contributed by atoms with E-state index in [4.69, 9.17) is 10.5 Å². The van der Waals surface area contributed by atoms with Gasteiger partial charge in [0, 0.05) is 18.6 Å². The lowest BCUT2D eigenvalue weighted by Crippen LogP contribution is -2.45. The molecule has 1 aliphatic rings. The smallest absolute Gasteiger partial charge is 0.236 e. The van der Waals surface area contributed by atoms with Gasteiger partial charge >= 0.3 is 0 Å². The normalized spacial score (nSPS) is 26.8. The molecule has 0 aromatic heterocycles. The molecule has 0 aromatic carbocycles. The van der Waals surface area contributed by atoms with E-state index in [9.17, 15) is 4.79 Å². The number of rotatable bonds is 3. The van der Waals surface area contributed by atoms with Gasteiger partial charge in [0.05, 0.1) is 12.6 Å². The summed E-state index contributed by atoms with van der Waals surface area (Å²) in [6, 6.07) is -0.259. The first kappa shape index (κ1) is 10.5. The zero-order chi connectivity index (χ0) is 9.84. The summed E-state index contributed by atoms with van der Waals surface area (Å²) >= 11 is 0. The van der Waals surface area contributed by atoms with Gasteiger partial charge in [-0.25, -0.2) is 0 Å². The van der Waals surface area contributed by atoms with Crippen LogP contribution in [0.25, 0.3) is 0 Å². The molecule has 0 aliphatic carbocycles. The van der Waals surface area contributed by atoms with Crippen molar-refractivity contribution in [1.82, 2.24) is 5.32 Å². The maximum absolute atomic E-state index is 11.2. The van der Waals surface area contributed by atoms with Gasteiger partial charge in [-0.1, -0.05) is 0 Å². The van der Waals surface area contributed by atoms with Crippen molar-refractivity contribution in [2.45, 2.75) is 32.4 Å². The number of hydrogen-bond donors (Lipinski definition) is 2. The van der Waals surface area contributed by atoms with Crippen LogP contribution in [-0.4, -0.2) is 31.2 Å². The van der Waals surface area contributed by atoms with Crippen LogP contribution >= 0.6 is 0 Å². The Kier molecular flexibility index (Phi) is 3.69. The Morgan fingerprint density at radius 2 is 2.31 bits per heavy atom. The molecule has 4 nitrogen and oxygen atoms in total. The van der Waals surface area contributed by atoms with Crippen LogP contribution in [0.2, 0.25) is 0 Å². The van der Waals surface area contributed by atoms with Gasteiger partial charge in [0.15, 0.2) is 0 Å². The van der Waals surface area contributed by atoms with E-state index in [0.717, 1.165) is 19.6 Å². The summed E-state index contributed by atoms with van der Waals surface area (Å²) in [5.74, 6) is 0.363. The molecule has 1 heterocycles. The topological polar surface area (TPSA) is 64.4 Å². The van der Waals surface area contributed by atoms with Crippen LogP contribution in [0.4, 0.5) is 0 Å². The van der Waals surface area contributed by atoms with Crippen molar-refractivity contribution < 1.29 is 9.53 Å². The predicted molar refractivity (Wildman–Crippen MR) is 50.2 cm³/mol. The molecular weight excluding hydrogens is 168 g/mol. The third-order valence-corrected chi connectivity index (χ3v) is 2.46. The second kappa shape index (κ2) is 4.58. The minimum Gasteiger partial charge on any atom is -0.381 e. The first-order chi connectivity index (χ1) is 6.11. The summed E-state index contributed by atoms with van der Waals surface area (Å²) in [4.78, 5) is 11.2. The van der Waals surface area contributed by atoms with E-state index in [1.165, 1.54) is 0 Å². The molecule has 1 fully saturated rings. The summed E-state index contributed by atoms with van der Waals surface area (Å²) in [7, 11) is 0. The largest absolute Gasteiger partial charge is 0.381 e. The van der Waals surface area contributed by atoms with Gasteiger partial charge < -0.3 is 15.8 Å². The maximum Gasteiger partial charge on any atom is 0.236 e. The van der Waals surface area contributed by atoms with Crippen molar-refractivity contribution in [3.8, 4) is 0 Å². The highest BCUT2D eigenvalue weighted by molar-refractivity contribution is 5.81. The van der Waals surface area contributed by atoms with Crippen LogP contribution in [0.15, 0.2) is 0 Å². The molecule has 0 spiro atoms. The van der Waals surface area contributed by atoms with Gasteiger partial charge in [-0.2, -0.15) is 0 Å². The third-order valence-electron chi connectivity index (χ3n) is 2.46. The SMILES string of the molecule is CC(N)C(=O)NC(C)C1CCOC1. The Morgan fingerprint density at radius 3 is 2.77 bits per heavy atom. The summed E-state index contributed by atoms with van der Waals surface area (Å²) in [5, 5.41) is 2.88. The predicted octanol–water partition coefficient (Wildman–Crippen LogP) is -0.125. The number of nitrogens with two attached hydrogens (primary N) is 1. The van der Waals surface area contributed by atoms with Gasteiger partial charge in [-0.15, -0.1) is 0 Å². The second-order valence-corrected chi connectivity index (χ2v) is 3.71. The molecule has 1 amide bonds. The first-order valence-corrected chi connectivity index (χ1v) is 4.75. The fraction of sp³-hybridized carbons (Fsp3) is 0.889. The Morgan fingerprint density at radius 1 is 1.62 bits per heavy atom. The molecule has 3 unspecified atom stereocenters. The highest BCUT2D eigenvalue weighted by Gasteiger charge is 2.24. The van der Waals surface area contributed by atoms with Crippen molar-refractivity contribution in [3.63, 3.8) is 0 Å². The second-order valence-electron chi connectivity index (χ2n) is 3.71. The molecule has 76 valence electrons. The lowest BCUT2D eigenvalue weighted by molar-refractivity contribution is -0.122. The van der Waals surface area contributed by atoms with Crippen LogP contribution in [0.1, 0.15) is 20.3 Å². The zero-order valence-corrected chi connectivity index (χ0v) is 8.25. The highest BCUT2D eigenvalue weighted by atomic mass is 16.5. The summed E-state index contributed by atoms with van der Waals surface area (Å²) < 4.78 is 5.24. The van der Waals surface area contributed by atoms with E-state index in [1.54, 1.807) is 6.92 Å². The number of ether oxygens (including phenoxy) is 1. The lowest BCUT2D eigenvalue weighted by atomic mass is 10.0. The molecule has 1 aliphatic heterocycles. The van der Waals surface area contributed by atoms with Crippen LogP contribution in [0.3, 0.4) is 0 Å². The molecule has 4 heteroatoms. The molecule has 0 bridgehead atoms. The molecule has 13 heavy (non-hydrogen) atoms. The molecule has 3 N–H and O–H groups in total. The molecule has 0 radical (unpaired) electrons. The average Bonchev–Trinajstić information content (AvgIpc) is 2.55. The van der Waals surface area contributed by atoms with Crippen molar-refractivity contribution in [2.24, 2.45) is 11.7 Å².